The standard InChI is InChI=1S/C18H19N7O2/c1-2-13(16(20)27)24-18-22-9-12(15(19)26)17(25-18)23-11-7-10-5-3-4-6-14(10)21-8-11/h3-9,13H,2H2,1H3,(H2,19,26)(H2,20,27)(H2,22,23,24,25). The van der Waals surface area contributed by atoms with E-state index in [2.05, 4.69) is 25.6 Å². The molecule has 2 amide bonds. The zero-order valence-corrected chi connectivity index (χ0v) is 14.6. The van der Waals surface area contributed by atoms with Crippen LogP contribution in [-0.4, -0.2) is 32.8 Å². The number of anilines is 3. The Labute approximate surface area is 155 Å². The van der Waals surface area contributed by atoms with Crippen LogP contribution in [0.15, 0.2) is 42.7 Å². The highest BCUT2D eigenvalue weighted by Crippen LogP contribution is 2.22. The van der Waals surface area contributed by atoms with Gasteiger partial charge in [-0.25, -0.2) is 4.98 Å². The molecule has 1 atom stereocenters. The van der Waals surface area contributed by atoms with Gasteiger partial charge in [-0.1, -0.05) is 25.1 Å². The quantitative estimate of drug-likeness (QED) is 0.496. The summed E-state index contributed by atoms with van der Waals surface area (Å²) in [7, 11) is 0. The number of para-hydroxylation sites is 1. The Balaban J connectivity index is 1.94. The molecule has 1 unspecified atom stereocenters. The lowest BCUT2D eigenvalue weighted by Gasteiger charge is -2.15. The zero-order chi connectivity index (χ0) is 19.4. The number of primary amides is 2. The molecular weight excluding hydrogens is 346 g/mol. The van der Waals surface area contributed by atoms with E-state index in [9.17, 15) is 9.59 Å². The highest BCUT2D eigenvalue weighted by molar-refractivity contribution is 5.98. The molecule has 0 fully saturated rings. The van der Waals surface area contributed by atoms with E-state index in [1.165, 1.54) is 6.20 Å². The Morgan fingerprint density at radius 1 is 1.15 bits per heavy atom. The first kappa shape index (κ1) is 18.1. The molecular formula is C18H19N7O2. The van der Waals surface area contributed by atoms with E-state index in [4.69, 9.17) is 11.5 Å². The third-order valence-electron chi connectivity index (χ3n) is 3.96. The molecule has 9 nitrogen and oxygen atoms in total. The van der Waals surface area contributed by atoms with Crippen molar-refractivity contribution in [3.05, 3.63) is 48.3 Å². The summed E-state index contributed by atoms with van der Waals surface area (Å²) in [6.07, 6.45) is 3.39. The molecule has 2 heterocycles. The van der Waals surface area contributed by atoms with Crippen LogP contribution < -0.4 is 22.1 Å². The van der Waals surface area contributed by atoms with Crippen LogP contribution in [0, 0.1) is 0 Å². The van der Waals surface area contributed by atoms with Crippen LogP contribution in [0.4, 0.5) is 17.5 Å². The third kappa shape index (κ3) is 4.09. The first-order valence-electron chi connectivity index (χ1n) is 8.32. The maximum absolute atomic E-state index is 11.7. The minimum atomic E-state index is -0.681. The smallest absolute Gasteiger partial charge is 0.254 e. The normalized spacial score (nSPS) is 11.7. The molecule has 0 aliphatic heterocycles. The summed E-state index contributed by atoms with van der Waals surface area (Å²) in [6, 6.07) is 8.88. The number of carbonyl (C=O) groups is 2. The second kappa shape index (κ2) is 7.65. The van der Waals surface area contributed by atoms with Gasteiger partial charge in [-0.2, -0.15) is 4.98 Å². The molecule has 6 N–H and O–H groups in total. The highest BCUT2D eigenvalue weighted by Gasteiger charge is 2.17. The summed E-state index contributed by atoms with van der Waals surface area (Å²) in [5.74, 6) is -0.841. The summed E-state index contributed by atoms with van der Waals surface area (Å²) in [4.78, 5) is 35.8. The zero-order valence-electron chi connectivity index (χ0n) is 14.6. The van der Waals surface area contributed by atoms with Crippen molar-refractivity contribution in [3.8, 4) is 0 Å². The minimum absolute atomic E-state index is 0.112. The lowest BCUT2D eigenvalue weighted by Crippen LogP contribution is -2.35. The van der Waals surface area contributed by atoms with Gasteiger partial charge in [0, 0.05) is 11.6 Å². The van der Waals surface area contributed by atoms with E-state index in [0.717, 1.165) is 10.9 Å². The number of fused-ring (bicyclic) bond motifs is 1. The third-order valence-corrected chi connectivity index (χ3v) is 3.96. The largest absolute Gasteiger partial charge is 0.368 e. The number of carbonyl (C=O) groups excluding carboxylic acids is 2. The maximum Gasteiger partial charge on any atom is 0.254 e. The predicted molar refractivity (Wildman–Crippen MR) is 102 cm³/mol. The van der Waals surface area contributed by atoms with Crippen molar-refractivity contribution >= 4 is 40.2 Å². The fourth-order valence-electron chi connectivity index (χ4n) is 2.53. The van der Waals surface area contributed by atoms with E-state index in [-0.39, 0.29) is 17.3 Å². The molecule has 2 aromatic heterocycles. The summed E-state index contributed by atoms with van der Waals surface area (Å²) in [5, 5.41) is 6.81. The Morgan fingerprint density at radius 2 is 1.93 bits per heavy atom. The second-order valence-corrected chi connectivity index (χ2v) is 5.87. The van der Waals surface area contributed by atoms with E-state index in [1.54, 1.807) is 13.1 Å². The van der Waals surface area contributed by atoms with E-state index in [0.29, 0.717) is 12.1 Å². The van der Waals surface area contributed by atoms with Crippen molar-refractivity contribution in [2.75, 3.05) is 10.6 Å². The van der Waals surface area contributed by atoms with Gasteiger partial charge in [0.25, 0.3) is 5.91 Å². The molecule has 0 radical (unpaired) electrons. The van der Waals surface area contributed by atoms with Gasteiger partial charge in [0.2, 0.25) is 11.9 Å². The topological polar surface area (TPSA) is 149 Å². The average Bonchev–Trinajstić information content (AvgIpc) is 2.65. The average molecular weight is 365 g/mol. The first-order valence-corrected chi connectivity index (χ1v) is 8.32. The first-order chi connectivity index (χ1) is 13.0. The lowest BCUT2D eigenvalue weighted by molar-refractivity contribution is -0.118. The van der Waals surface area contributed by atoms with E-state index < -0.39 is 17.9 Å². The van der Waals surface area contributed by atoms with Crippen LogP contribution in [-0.2, 0) is 4.79 Å². The van der Waals surface area contributed by atoms with Crippen molar-refractivity contribution in [1.82, 2.24) is 15.0 Å². The number of hydrogen-bond acceptors (Lipinski definition) is 7. The second-order valence-electron chi connectivity index (χ2n) is 5.87. The number of nitrogens with one attached hydrogen (secondary N) is 2. The number of benzene rings is 1. The van der Waals surface area contributed by atoms with Crippen molar-refractivity contribution in [3.63, 3.8) is 0 Å². The molecule has 0 saturated heterocycles. The van der Waals surface area contributed by atoms with Crippen molar-refractivity contribution < 1.29 is 9.59 Å². The SMILES string of the molecule is CCC(Nc1ncc(C(N)=O)c(Nc2cnc3ccccc3c2)n1)C(N)=O. The van der Waals surface area contributed by atoms with Crippen LogP contribution in [0.3, 0.4) is 0 Å². The van der Waals surface area contributed by atoms with E-state index >= 15 is 0 Å². The molecule has 0 bridgehead atoms. The summed E-state index contributed by atoms with van der Waals surface area (Å²) < 4.78 is 0. The van der Waals surface area contributed by atoms with Gasteiger partial charge in [-0.05, 0) is 18.6 Å². The summed E-state index contributed by atoms with van der Waals surface area (Å²) in [6.45, 7) is 1.81. The van der Waals surface area contributed by atoms with Gasteiger partial charge in [-0.3, -0.25) is 14.6 Å². The molecule has 1 aromatic carbocycles. The highest BCUT2D eigenvalue weighted by atomic mass is 16.1. The number of amides is 2. The number of nitrogens with zero attached hydrogens (tertiary/aromatic N) is 3. The maximum atomic E-state index is 11.7. The summed E-state index contributed by atoms with van der Waals surface area (Å²) in [5.41, 5.74) is 12.3. The van der Waals surface area contributed by atoms with Crippen LogP contribution in [0.1, 0.15) is 23.7 Å². The number of aromatic nitrogens is 3. The van der Waals surface area contributed by atoms with Gasteiger partial charge >= 0.3 is 0 Å². The predicted octanol–water partition coefficient (Wildman–Crippen LogP) is 1.54. The molecule has 3 rings (SSSR count). The van der Waals surface area contributed by atoms with Gasteiger partial charge < -0.3 is 22.1 Å². The van der Waals surface area contributed by atoms with Crippen LogP contribution >= 0.6 is 0 Å². The van der Waals surface area contributed by atoms with Crippen LogP contribution in [0.2, 0.25) is 0 Å². The Morgan fingerprint density at radius 3 is 2.63 bits per heavy atom. The van der Waals surface area contributed by atoms with Gasteiger partial charge in [0.05, 0.1) is 17.4 Å². The van der Waals surface area contributed by atoms with Gasteiger partial charge in [0.15, 0.2) is 0 Å². The molecule has 0 saturated carbocycles. The van der Waals surface area contributed by atoms with Crippen molar-refractivity contribution in [2.45, 2.75) is 19.4 Å². The van der Waals surface area contributed by atoms with Gasteiger partial charge in [0.1, 0.15) is 17.4 Å². The Kier molecular flexibility index (Phi) is 5.11. The molecule has 3 aromatic rings. The molecule has 9 heteroatoms. The molecule has 27 heavy (non-hydrogen) atoms. The minimum Gasteiger partial charge on any atom is -0.368 e. The van der Waals surface area contributed by atoms with Crippen molar-refractivity contribution in [2.24, 2.45) is 11.5 Å². The monoisotopic (exact) mass is 365 g/mol. The van der Waals surface area contributed by atoms with Crippen LogP contribution in [0.25, 0.3) is 10.9 Å². The number of hydrogen-bond donors (Lipinski definition) is 4. The molecule has 0 aliphatic rings. The Hall–Kier alpha value is -3.75. The fourth-order valence-corrected chi connectivity index (χ4v) is 2.53. The number of pyridine rings is 1. The van der Waals surface area contributed by atoms with E-state index in [1.807, 2.05) is 30.3 Å². The lowest BCUT2D eigenvalue weighted by atomic mass is 10.2. The molecule has 0 aliphatic carbocycles. The fraction of sp³-hybridized carbons (Fsp3) is 0.167. The van der Waals surface area contributed by atoms with Gasteiger partial charge in [-0.15, -0.1) is 0 Å². The molecule has 138 valence electrons. The molecule has 0 spiro atoms. The van der Waals surface area contributed by atoms with Crippen molar-refractivity contribution in [1.29, 1.82) is 0 Å². The number of rotatable bonds is 7. The number of nitrogens with two attached hydrogens (primary N) is 2. The summed E-state index contributed by atoms with van der Waals surface area (Å²) >= 11 is 0. The van der Waals surface area contributed by atoms with Crippen LogP contribution in [0.5, 0.6) is 0 Å². The Bertz CT molecular complexity index is 1010.